The number of carboxylic acids is 1. The highest BCUT2D eigenvalue weighted by Crippen LogP contribution is 2.26. The molecule has 0 unspecified atom stereocenters. The van der Waals surface area contributed by atoms with Crippen LogP contribution >= 0.6 is 0 Å². The molecule has 0 aliphatic carbocycles. The summed E-state index contributed by atoms with van der Waals surface area (Å²) in [7, 11) is 0. The smallest absolute Gasteiger partial charge is 0.325 e. The molecule has 8 heteroatoms. The van der Waals surface area contributed by atoms with Gasteiger partial charge in [-0.3, -0.25) is 14.3 Å². The van der Waals surface area contributed by atoms with Gasteiger partial charge in [0.05, 0.1) is 12.1 Å². The van der Waals surface area contributed by atoms with Gasteiger partial charge in [0, 0.05) is 30.8 Å². The number of nitrogens with zero attached hydrogens (tertiary/aromatic N) is 3. The van der Waals surface area contributed by atoms with E-state index in [0.29, 0.717) is 13.1 Å². The van der Waals surface area contributed by atoms with Crippen LogP contribution in [0.1, 0.15) is 30.0 Å². The number of hydrogen-bond acceptors (Lipinski definition) is 3. The fourth-order valence-electron chi connectivity index (χ4n) is 3.22. The molecule has 138 valence electrons. The molecule has 0 spiro atoms. The lowest BCUT2D eigenvalue weighted by Crippen LogP contribution is -2.40. The van der Waals surface area contributed by atoms with E-state index in [1.54, 1.807) is 17.2 Å². The predicted octanol–water partition coefficient (Wildman–Crippen LogP) is 2.19. The summed E-state index contributed by atoms with van der Waals surface area (Å²) in [5.41, 5.74) is 0.781. The van der Waals surface area contributed by atoms with Crippen LogP contribution in [-0.4, -0.2) is 44.8 Å². The first-order chi connectivity index (χ1) is 12.4. The molecule has 1 atom stereocenters. The molecule has 1 fully saturated rings. The maximum Gasteiger partial charge on any atom is 0.325 e. The van der Waals surface area contributed by atoms with Gasteiger partial charge < -0.3 is 10.0 Å². The van der Waals surface area contributed by atoms with Gasteiger partial charge in [-0.1, -0.05) is 0 Å². The number of carbonyl (C=O) groups is 2. The first-order valence-electron chi connectivity index (χ1n) is 8.39. The lowest BCUT2D eigenvalue weighted by molar-refractivity contribution is -0.138. The Morgan fingerprint density at radius 1 is 1.27 bits per heavy atom. The third-order valence-electron chi connectivity index (χ3n) is 4.50. The van der Waals surface area contributed by atoms with E-state index >= 15 is 0 Å². The molecule has 0 radical (unpaired) electrons. The minimum atomic E-state index is -0.975. The lowest BCUT2D eigenvalue weighted by atomic mass is 9.94. The summed E-state index contributed by atoms with van der Waals surface area (Å²) in [6, 6.07) is 4.84. The maximum atomic E-state index is 13.7. The van der Waals surface area contributed by atoms with Gasteiger partial charge in [0.1, 0.15) is 18.2 Å². The molecule has 1 amide bonds. The molecule has 1 aromatic heterocycles. The lowest BCUT2D eigenvalue weighted by Gasteiger charge is -2.32. The second-order valence-electron chi connectivity index (χ2n) is 6.42. The highest BCUT2D eigenvalue weighted by Gasteiger charge is 2.26. The van der Waals surface area contributed by atoms with Gasteiger partial charge in [-0.25, -0.2) is 8.78 Å². The second-order valence-corrected chi connectivity index (χ2v) is 6.42. The van der Waals surface area contributed by atoms with E-state index in [2.05, 4.69) is 5.10 Å². The summed E-state index contributed by atoms with van der Waals surface area (Å²) < 4.78 is 28.4. The van der Waals surface area contributed by atoms with Crippen molar-refractivity contribution >= 4 is 11.9 Å². The largest absolute Gasteiger partial charge is 0.480 e. The Morgan fingerprint density at radius 3 is 2.85 bits per heavy atom. The zero-order valence-corrected chi connectivity index (χ0v) is 14.1. The molecule has 2 aromatic rings. The van der Waals surface area contributed by atoms with Crippen LogP contribution in [0.4, 0.5) is 8.78 Å². The maximum absolute atomic E-state index is 13.7. The second kappa shape index (κ2) is 7.63. The number of piperidine rings is 1. The van der Waals surface area contributed by atoms with E-state index < -0.39 is 17.6 Å². The van der Waals surface area contributed by atoms with Crippen molar-refractivity contribution in [2.24, 2.45) is 0 Å². The summed E-state index contributed by atoms with van der Waals surface area (Å²) in [4.78, 5) is 24.9. The summed E-state index contributed by atoms with van der Waals surface area (Å²) in [5, 5.41) is 13.1. The monoisotopic (exact) mass is 363 g/mol. The Balaban J connectivity index is 1.66. The Hall–Kier alpha value is -2.77. The van der Waals surface area contributed by atoms with Crippen LogP contribution in [0.2, 0.25) is 0 Å². The van der Waals surface area contributed by atoms with Gasteiger partial charge in [0.25, 0.3) is 0 Å². The standard InChI is InChI=1S/C18H19F2N3O3/c19-14-3-4-15(20)13(8-14)9-17(24)22-6-1-2-12(10-22)16-5-7-23(21-16)11-18(25)26/h3-5,7-8,12H,1-2,6,9-11H2,(H,25,26)/t12-/m1/s1. The van der Waals surface area contributed by atoms with Gasteiger partial charge in [0.15, 0.2) is 0 Å². The molecule has 1 N–H and O–H groups in total. The summed E-state index contributed by atoms with van der Waals surface area (Å²) in [5.74, 6) is -2.41. The molecule has 1 aliphatic heterocycles. The first-order valence-corrected chi connectivity index (χ1v) is 8.39. The Morgan fingerprint density at radius 2 is 2.08 bits per heavy atom. The fourth-order valence-corrected chi connectivity index (χ4v) is 3.22. The molecule has 1 aromatic carbocycles. The van der Waals surface area contributed by atoms with Crippen LogP contribution in [0.15, 0.2) is 30.5 Å². The van der Waals surface area contributed by atoms with E-state index in [0.717, 1.165) is 36.7 Å². The topological polar surface area (TPSA) is 75.4 Å². The number of aliphatic carboxylic acids is 1. The molecule has 1 aliphatic rings. The van der Waals surface area contributed by atoms with E-state index in [4.69, 9.17) is 5.11 Å². The molecular formula is C18H19F2N3O3. The molecule has 3 rings (SSSR count). The van der Waals surface area contributed by atoms with Crippen LogP contribution in [-0.2, 0) is 22.6 Å². The van der Waals surface area contributed by atoms with Gasteiger partial charge in [0.2, 0.25) is 5.91 Å². The van der Waals surface area contributed by atoms with E-state index in [-0.39, 0.29) is 30.4 Å². The number of carbonyl (C=O) groups excluding carboxylic acids is 1. The zero-order valence-electron chi connectivity index (χ0n) is 14.1. The van der Waals surface area contributed by atoms with Crippen molar-refractivity contribution in [1.29, 1.82) is 0 Å². The van der Waals surface area contributed by atoms with Crippen molar-refractivity contribution in [3.05, 3.63) is 53.4 Å². The predicted molar refractivity (Wildman–Crippen MR) is 88.5 cm³/mol. The Kier molecular flexibility index (Phi) is 5.29. The normalized spacial score (nSPS) is 17.3. The number of hydrogen-bond donors (Lipinski definition) is 1. The van der Waals surface area contributed by atoms with Crippen LogP contribution in [0.5, 0.6) is 0 Å². The molecule has 26 heavy (non-hydrogen) atoms. The van der Waals surface area contributed by atoms with E-state index in [9.17, 15) is 18.4 Å². The first kappa shape index (κ1) is 18.0. The van der Waals surface area contributed by atoms with Crippen LogP contribution in [0.25, 0.3) is 0 Å². The quantitative estimate of drug-likeness (QED) is 0.884. The highest BCUT2D eigenvalue weighted by atomic mass is 19.1. The summed E-state index contributed by atoms with van der Waals surface area (Å²) in [6.07, 6.45) is 3.02. The number of likely N-dealkylation sites (tertiary alicyclic amines) is 1. The summed E-state index contributed by atoms with van der Waals surface area (Å²) >= 11 is 0. The van der Waals surface area contributed by atoms with Gasteiger partial charge in [-0.05, 0) is 37.1 Å². The summed E-state index contributed by atoms with van der Waals surface area (Å²) in [6.45, 7) is 0.774. The molecule has 0 saturated carbocycles. The van der Waals surface area contributed by atoms with Crippen LogP contribution < -0.4 is 0 Å². The number of benzene rings is 1. The SMILES string of the molecule is O=C(O)Cn1ccc([C@@H]2CCCN(C(=O)Cc3cc(F)ccc3F)C2)n1. The number of aromatic nitrogens is 2. The molecule has 6 nitrogen and oxygen atoms in total. The van der Waals surface area contributed by atoms with Gasteiger partial charge >= 0.3 is 5.97 Å². The average Bonchev–Trinajstić information content (AvgIpc) is 3.06. The minimum absolute atomic E-state index is 0.0000938. The zero-order chi connectivity index (χ0) is 18.7. The number of halogens is 2. The number of amides is 1. The van der Waals surface area contributed by atoms with Gasteiger partial charge in [-0.2, -0.15) is 5.10 Å². The van der Waals surface area contributed by atoms with E-state index in [1.165, 1.54) is 4.68 Å². The number of rotatable bonds is 5. The van der Waals surface area contributed by atoms with E-state index in [1.807, 2.05) is 0 Å². The average molecular weight is 363 g/mol. The molecule has 2 heterocycles. The molecule has 1 saturated heterocycles. The van der Waals surface area contributed by atoms with Crippen molar-refractivity contribution in [2.45, 2.75) is 31.7 Å². The Labute approximate surface area is 149 Å². The third-order valence-corrected chi connectivity index (χ3v) is 4.50. The molecular weight excluding hydrogens is 344 g/mol. The van der Waals surface area contributed by atoms with Crippen LogP contribution in [0.3, 0.4) is 0 Å². The minimum Gasteiger partial charge on any atom is -0.480 e. The van der Waals surface area contributed by atoms with Gasteiger partial charge in [-0.15, -0.1) is 0 Å². The number of carboxylic acid groups (broad SMARTS) is 1. The van der Waals surface area contributed by atoms with Crippen molar-refractivity contribution in [2.75, 3.05) is 13.1 Å². The third kappa shape index (κ3) is 4.25. The fraction of sp³-hybridized carbons (Fsp3) is 0.389. The van der Waals surface area contributed by atoms with Crippen LogP contribution in [0, 0.1) is 11.6 Å². The molecule has 0 bridgehead atoms. The van der Waals surface area contributed by atoms with Crippen molar-refractivity contribution in [1.82, 2.24) is 14.7 Å². The van der Waals surface area contributed by atoms with Crippen molar-refractivity contribution < 1.29 is 23.5 Å². The highest BCUT2D eigenvalue weighted by molar-refractivity contribution is 5.79. The van der Waals surface area contributed by atoms with Crippen molar-refractivity contribution in [3.8, 4) is 0 Å². The van der Waals surface area contributed by atoms with Crippen molar-refractivity contribution in [3.63, 3.8) is 0 Å². The Bertz CT molecular complexity index is 822.